The maximum Gasteiger partial charge on any atom is 0.329 e. The third-order valence-corrected chi connectivity index (χ3v) is 3.19. The van der Waals surface area contributed by atoms with Gasteiger partial charge in [-0.3, -0.25) is 0 Å². The van der Waals surface area contributed by atoms with E-state index in [1.54, 1.807) is 0 Å². The van der Waals surface area contributed by atoms with Crippen molar-refractivity contribution < 1.29 is 23.0 Å². The van der Waals surface area contributed by atoms with Gasteiger partial charge in [0.05, 0.1) is 7.11 Å². The van der Waals surface area contributed by atoms with Gasteiger partial charge in [-0.15, -0.1) is 0 Å². The number of benzene rings is 1. The zero-order chi connectivity index (χ0) is 14.0. The van der Waals surface area contributed by atoms with Crippen molar-refractivity contribution >= 4 is 5.97 Å². The van der Waals surface area contributed by atoms with Crippen molar-refractivity contribution in [2.45, 2.75) is 18.4 Å². The zero-order valence-corrected chi connectivity index (χ0v) is 10.5. The van der Waals surface area contributed by atoms with Gasteiger partial charge in [-0.2, -0.15) is 0 Å². The van der Waals surface area contributed by atoms with Gasteiger partial charge in [0.1, 0.15) is 24.0 Å². The van der Waals surface area contributed by atoms with Crippen molar-refractivity contribution in [1.29, 1.82) is 0 Å². The minimum atomic E-state index is -1.27. The molecule has 1 fully saturated rings. The summed E-state index contributed by atoms with van der Waals surface area (Å²) in [5.41, 5.74) is 4.73. The standard InChI is InChI=1S/C13H15F2NO3/c1-18-12(17)13(16,8-2-3-8)7-19-11-5-9(14)4-10(15)6-11/h4-6,8H,2-3,7,16H2,1H3. The molecule has 6 heteroatoms. The molecule has 2 N–H and O–H groups in total. The SMILES string of the molecule is COC(=O)C(N)(COc1cc(F)cc(F)c1)C1CC1. The number of carbonyl (C=O) groups is 1. The first kappa shape index (κ1) is 13.7. The van der Waals surface area contributed by atoms with Crippen molar-refractivity contribution in [2.24, 2.45) is 11.7 Å². The second kappa shape index (κ2) is 5.13. The third kappa shape index (κ3) is 3.01. The number of carbonyl (C=O) groups excluding carboxylic acids is 1. The number of halogens is 2. The summed E-state index contributed by atoms with van der Waals surface area (Å²) in [5, 5.41) is 0. The summed E-state index contributed by atoms with van der Waals surface area (Å²) in [7, 11) is 1.24. The van der Waals surface area contributed by atoms with Crippen LogP contribution < -0.4 is 10.5 Å². The molecule has 1 aliphatic rings. The Bertz CT molecular complexity index is 471. The smallest absolute Gasteiger partial charge is 0.329 e. The molecule has 1 unspecified atom stereocenters. The highest BCUT2D eigenvalue weighted by atomic mass is 19.1. The van der Waals surface area contributed by atoms with Crippen molar-refractivity contribution in [3.63, 3.8) is 0 Å². The number of hydrogen-bond acceptors (Lipinski definition) is 4. The molecule has 0 aromatic heterocycles. The van der Waals surface area contributed by atoms with Gasteiger partial charge in [0.15, 0.2) is 5.54 Å². The minimum Gasteiger partial charge on any atom is -0.491 e. The van der Waals surface area contributed by atoms with E-state index in [4.69, 9.17) is 10.5 Å². The predicted octanol–water partition coefficient (Wildman–Crippen LogP) is 1.62. The fourth-order valence-corrected chi connectivity index (χ4v) is 1.95. The van der Waals surface area contributed by atoms with E-state index in [1.165, 1.54) is 7.11 Å². The number of nitrogens with two attached hydrogens (primary N) is 1. The van der Waals surface area contributed by atoms with E-state index in [2.05, 4.69) is 4.74 Å². The molecule has 1 atom stereocenters. The molecule has 0 radical (unpaired) electrons. The highest BCUT2D eigenvalue weighted by molar-refractivity contribution is 5.81. The highest BCUT2D eigenvalue weighted by Crippen LogP contribution is 2.39. The topological polar surface area (TPSA) is 61.5 Å². The van der Waals surface area contributed by atoms with Crippen molar-refractivity contribution in [2.75, 3.05) is 13.7 Å². The van der Waals surface area contributed by atoms with Gasteiger partial charge in [0, 0.05) is 18.2 Å². The first-order valence-corrected chi connectivity index (χ1v) is 5.92. The van der Waals surface area contributed by atoms with E-state index in [9.17, 15) is 13.6 Å². The molecule has 4 nitrogen and oxygen atoms in total. The number of esters is 1. The quantitative estimate of drug-likeness (QED) is 0.827. The molecule has 1 aromatic carbocycles. The van der Waals surface area contributed by atoms with E-state index in [0.29, 0.717) is 0 Å². The van der Waals surface area contributed by atoms with Crippen LogP contribution in [0.4, 0.5) is 8.78 Å². The van der Waals surface area contributed by atoms with Crippen LogP contribution in [0.5, 0.6) is 5.75 Å². The molecular formula is C13H15F2NO3. The van der Waals surface area contributed by atoms with Gasteiger partial charge in [-0.05, 0) is 18.8 Å². The number of hydrogen-bond donors (Lipinski definition) is 1. The molecule has 0 aliphatic heterocycles. The van der Waals surface area contributed by atoms with Gasteiger partial charge in [-0.25, -0.2) is 13.6 Å². The molecule has 0 saturated heterocycles. The third-order valence-electron chi connectivity index (χ3n) is 3.19. The highest BCUT2D eigenvalue weighted by Gasteiger charge is 2.49. The second-order valence-corrected chi connectivity index (χ2v) is 4.70. The zero-order valence-electron chi connectivity index (χ0n) is 10.5. The first-order chi connectivity index (χ1) is 8.95. The largest absolute Gasteiger partial charge is 0.491 e. The average Bonchev–Trinajstić information content (AvgIpc) is 3.18. The molecule has 1 aliphatic carbocycles. The summed E-state index contributed by atoms with van der Waals surface area (Å²) in [4.78, 5) is 11.7. The monoisotopic (exact) mass is 271 g/mol. The Morgan fingerprint density at radius 2 is 1.95 bits per heavy atom. The van der Waals surface area contributed by atoms with Crippen LogP contribution in [0.15, 0.2) is 18.2 Å². The van der Waals surface area contributed by atoms with Gasteiger partial charge >= 0.3 is 5.97 Å². The fraction of sp³-hybridized carbons (Fsp3) is 0.462. The molecular weight excluding hydrogens is 256 g/mol. The lowest BCUT2D eigenvalue weighted by Crippen LogP contribution is -2.55. The summed E-state index contributed by atoms with van der Waals surface area (Å²) in [6, 6.07) is 2.81. The van der Waals surface area contributed by atoms with Crippen LogP contribution in [-0.2, 0) is 9.53 Å². The lowest BCUT2D eigenvalue weighted by atomic mass is 9.96. The number of ether oxygens (including phenoxy) is 2. The lowest BCUT2D eigenvalue weighted by Gasteiger charge is -2.26. The summed E-state index contributed by atoms with van der Waals surface area (Å²) < 4.78 is 35.9. The van der Waals surface area contributed by atoms with Crippen LogP contribution in [0, 0.1) is 17.6 Å². The van der Waals surface area contributed by atoms with Crippen molar-refractivity contribution in [1.82, 2.24) is 0 Å². The van der Waals surface area contributed by atoms with Crippen LogP contribution in [0.1, 0.15) is 12.8 Å². The molecule has 2 rings (SSSR count). The summed E-state index contributed by atoms with van der Waals surface area (Å²) in [6.07, 6.45) is 1.62. The van der Waals surface area contributed by atoms with Gasteiger partial charge in [0.25, 0.3) is 0 Å². The first-order valence-electron chi connectivity index (χ1n) is 5.92. The van der Waals surface area contributed by atoms with Gasteiger partial charge < -0.3 is 15.2 Å². The predicted molar refractivity (Wildman–Crippen MR) is 63.5 cm³/mol. The van der Waals surface area contributed by atoms with E-state index in [-0.39, 0.29) is 18.3 Å². The Morgan fingerprint density at radius 1 is 1.37 bits per heavy atom. The van der Waals surface area contributed by atoms with E-state index in [0.717, 1.165) is 31.0 Å². The van der Waals surface area contributed by atoms with Crippen LogP contribution in [0.2, 0.25) is 0 Å². The van der Waals surface area contributed by atoms with Crippen LogP contribution >= 0.6 is 0 Å². The molecule has 0 bridgehead atoms. The maximum absolute atomic E-state index is 13.0. The Kier molecular flexibility index (Phi) is 3.71. The Labute approximate surface area is 109 Å². The molecule has 0 amide bonds. The normalized spacial score (nSPS) is 17.7. The number of methoxy groups -OCH3 is 1. The van der Waals surface area contributed by atoms with Crippen LogP contribution in [0.3, 0.4) is 0 Å². The summed E-state index contributed by atoms with van der Waals surface area (Å²) in [6.45, 7) is -0.173. The Morgan fingerprint density at radius 3 is 2.42 bits per heavy atom. The van der Waals surface area contributed by atoms with Gasteiger partial charge in [-0.1, -0.05) is 0 Å². The minimum absolute atomic E-state index is 0.00289. The molecule has 19 heavy (non-hydrogen) atoms. The van der Waals surface area contributed by atoms with Gasteiger partial charge in [0.2, 0.25) is 0 Å². The summed E-state index contributed by atoms with van der Waals surface area (Å²) in [5.74, 6) is -2.09. The Balaban J connectivity index is 2.08. The molecule has 1 aromatic rings. The van der Waals surface area contributed by atoms with Crippen LogP contribution in [0.25, 0.3) is 0 Å². The Hall–Kier alpha value is -1.69. The lowest BCUT2D eigenvalue weighted by molar-refractivity contribution is -0.149. The average molecular weight is 271 g/mol. The van der Waals surface area contributed by atoms with E-state index >= 15 is 0 Å². The number of rotatable bonds is 5. The molecule has 0 heterocycles. The summed E-state index contributed by atoms with van der Waals surface area (Å²) >= 11 is 0. The van der Waals surface area contributed by atoms with Crippen LogP contribution in [-0.4, -0.2) is 25.2 Å². The second-order valence-electron chi connectivity index (χ2n) is 4.70. The van der Waals surface area contributed by atoms with Crippen molar-refractivity contribution in [3.8, 4) is 5.75 Å². The molecule has 0 spiro atoms. The fourth-order valence-electron chi connectivity index (χ4n) is 1.95. The molecule has 104 valence electrons. The van der Waals surface area contributed by atoms with Crippen molar-refractivity contribution in [3.05, 3.63) is 29.8 Å². The maximum atomic E-state index is 13.0. The van der Waals surface area contributed by atoms with E-state index in [1.807, 2.05) is 0 Å². The molecule has 1 saturated carbocycles. The van der Waals surface area contributed by atoms with E-state index < -0.39 is 23.1 Å².